The first-order valence-corrected chi connectivity index (χ1v) is 5.43. The van der Waals surface area contributed by atoms with E-state index in [4.69, 9.17) is 4.74 Å². The molecular formula is C12H12N2O2. The molecular weight excluding hydrogens is 204 g/mol. The van der Waals surface area contributed by atoms with Crippen LogP contribution in [0, 0.1) is 5.92 Å². The molecule has 1 N–H and O–H groups in total. The zero-order chi connectivity index (χ0) is 11.0. The average molecular weight is 216 g/mol. The molecule has 0 spiro atoms. The molecule has 0 radical (unpaired) electrons. The number of nitrogens with one attached hydrogen (secondary N) is 1. The molecule has 16 heavy (non-hydrogen) atoms. The number of hydrogen-bond acceptors (Lipinski definition) is 3. The van der Waals surface area contributed by atoms with Gasteiger partial charge in [0, 0.05) is 5.56 Å². The van der Waals surface area contributed by atoms with Gasteiger partial charge >= 0.3 is 0 Å². The molecule has 4 nitrogen and oxygen atoms in total. The number of carbonyl (C=O) groups is 1. The van der Waals surface area contributed by atoms with E-state index >= 15 is 0 Å². The van der Waals surface area contributed by atoms with Crippen molar-refractivity contribution in [3.8, 4) is 5.88 Å². The van der Waals surface area contributed by atoms with Crippen molar-refractivity contribution in [3.63, 3.8) is 0 Å². The van der Waals surface area contributed by atoms with Crippen molar-refractivity contribution < 1.29 is 9.53 Å². The molecule has 3 rings (SSSR count). The second-order valence-electron chi connectivity index (χ2n) is 4.21. The molecule has 1 aromatic carbocycles. The number of rotatable bonds is 4. The van der Waals surface area contributed by atoms with Crippen LogP contribution < -0.4 is 4.74 Å². The van der Waals surface area contributed by atoms with Crippen LogP contribution in [0.2, 0.25) is 0 Å². The Balaban J connectivity index is 1.92. The summed E-state index contributed by atoms with van der Waals surface area (Å²) in [6.07, 6.45) is 3.33. The fourth-order valence-electron chi connectivity index (χ4n) is 1.67. The van der Waals surface area contributed by atoms with Gasteiger partial charge in [0.05, 0.1) is 17.5 Å². The summed E-state index contributed by atoms with van der Waals surface area (Å²) in [5, 5.41) is 7.88. The standard InChI is InChI=1S/C12H12N2O2/c15-6-9-3-4-11-10(5-9)12(14-13-11)16-7-8-1-2-8/h3-6,8H,1-2,7H2,(H,13,14). The Kier molecular flexibility index (Phi) is 2.13. The number of carbonyl (C=O) groups excluding carboxylic acids is 1. The lowest BCUT2D eigenvalue weighted by molar-refractivity contribution is 0.112. The Hall–Kier alpha value is -1.84. The van der Waals surface area contributed by atoms with E-state index in [1.54, 1.807) is 12.1 Å². The Morgan fingerprint density at radius 2 is 2.38 bits per heavy atom. The van der Waals surface area contributed by atoms with Gasteiger partial charge in [0.25, 0.3) is 0 Å². The van der Waals surface area contributed by atoms with E-state index in [-0.39, 0.29) is 0 Å². The number of fused-ring (bicyclic) bond motifs is 1. The smallest absolute Gasteiger partial charge is 0.240 e. The first kappa shape index (κ1) is 9.39. The summed E-state index contributed by atoms with van der Waals surface area (Å²) in [4.78, 5) is 10.7. The van der Waals surface area contributed by atoms with Crippen molar-refractivity contribution in [3.05, 3.63) is 23.8 Å². The van der Waals surface area contributed by atoms with Gasteiger partial charge in [-0.1, -0.05) is 0 Å². The molecule has 0 bridgehead atoms. The lowest BCUT2D eigenvalue weighted by Crippen LogP contribution is -1.99. The minimum Gasteiger partial charge on any atom is -0.476 e. The monoisotopic (exact) mass is 216 g/mol. The molecule has 1 saturated carbocycles. The number of aldehydes is 1. The van der Waals surface area contributed by atoms with Crippen LogP contribution in [0.1, 0.15) is 23.2 Å². The predicted molar refractivity (Wildman–Crippen MR) is 59.7 cm³/mol. The van der Waals surface area contributed by atoms with Crippen molar-refractivity contribution >= 4 is 17.2 Å². The summed E-state index contributed by atoms with van der Waals surface area (Å²) in [6.45, 7) is 0.727. The van der Waals surface area contributed by atoms with Crippen LogP contribution in [0.25, 0.3) is 10.9 Å². The van der Waals surface area contributed by atoms with Crippen molar-refractivity contribution in [2.45, 2.75) is 12.8 Å². The van der Waals surface area contributed by atoms with Gasteiger partial charge in [0.2, 0.25) is 5.88 Å². The maximum Gasteiger partial charge on any atom is 0.240 e. The minimum atomic E-state index is 0.602. The molecule has 1 aliphatic rings. The zero-order valence-electron chi connectivity index (χ0n) is 8.77. The van der Waals surface area contributed by atoms with Gasteiger partial charge in [-0.25, -0.2) is 0 Å². The van der Waals surface area contributed by atoms with Gasteiger partial charge < -0.3 is 4.74 Å². The first-order chi connectivity index (χ1) is 7.86. The van der Waals surface area contributed by atoms with E-state index in [1.807, 2.05) is 6.07 Å². The minimum absolute atomic E-state index is 0.602. The van der Waals surface area contributed by atoms with Gasteiger partial charge in [0.1, 0.15) is 6.29 Å². The molecule has 0 amide bonds. The number of ether oxygens (including phenoxy) is 1. The lowest BCUT2D eigenvalue weighted by Gasteiger charge is -2.00. The van der Waals surface area contributed by atoms with E-state index in [0.29, 0.717) is 17.4 Å². The number of benzene rings is 1. The Bertz CT molecular complexity index is 529. The maximum atomic E-state index is 10.7. The van der Waals surface area contributed by atoms with Crippen LogP contribution in [-0.2, 0) is 0 Å². The highest BCUT2D eigenvalue weighted by Gasteiger charge is 2.22. The predicted octanol–water partition coefficient (Wildman–Crippen LogP) is 2.16. The van der Waals surface area contributed by atoms with Crippen LogP contribution in [0.15, 0.2) is 18.2 Å². The van der Waals surface area contributed by atoms with E-state index in [2.05, 4.69) is 10.2 Å². The third kappa shape index (κ3) is 1.66. The topological polar surface area (TPSA) is 55.0 Å². The van der Waals surface area contributed by atoms with Crippen LogP contribution >= 0.6 is 0 Å². The van der Waals surface area contributed by atoms with Gasteiger partial charge in [-0.3, -0.25) is 9.89 Å². The Morgan fingerprint density at radius 1 is 1.50 bits per heavy atom. The molecule has 4 heteroatoms. The first-order valence-electron chi connectivity index (χ1n) is 5.43. The van der Waals surface area contributed by atoms with Crippen LogP contribution in [0.3, 0.4) is 0 Å². The van der Waals surface area contributed by atoms with Crippen LogP contribution in [0.4, 0.5) is 0 Å². The van der Waals surface area contributed by atoms with E-state index in [1.165, 1.54) is 12.8 Å². The molecule has 2 aromatic rings. The summed E-state index contributed by atoms with van der Waals surface area (Å²) < 4.78 is 5.62. The van der Waals surface area contributed by atoms with Crippen molar-refractivity contribution in [1.82, 2.24) is 10.2 Å². The number of H-pyrrole nitrogens is 1. The highest BCUT2D eigenvalue weighted by Crippen LogP contribution is 2.31. The molecule has 1 fully saturated rings. The van der Waals surface area contributed by atoms with E-state index < -0.39 is 0 Å². The third-order valence-corrected chi connectivity index (χ3v) is 2.84. The van der Waals surface area contributed by atoms with Gasteiger partial charge in [-0.05, 0) is 37.0 Å². The number of aromatic amines is 1. The molecule has 1 heterocycles. The fourth-order valence-corrected chi connectivity index (χ4v) is 1.67. The highest BCUT2D eigenvalue weighted by atomic mass is 16.5. The largest absolute Gasteiger partial charge is 0.476 e. The molecule has 1 aliphatic carbocycles. The van der Waals surface area contributed by atoms with Gasteiger partial charge in [0.15, 0.2) is 0 Å². The number of hydrogen-bond donors (Lipinski definition) is 1. The lowest BCUT2D eigenvalue weighted by atomic mass is 10.2. The summed E-state index contributed by atoms with van der Waals surface area (Å²) >= 11 is 0. The second kappa shape index (κ2) is 3.63. The summed E-state index contributed by atoms with van der Waals surface area (Å²) in [7, 11) is 0. The van der Waals surface area contributed by atoms with Crippen LogP contribution in [-0.4, -0.2) is 23.1 Å². The number of nitrogens with zero attached hydrogens (tertiary/aromatic N) is 1. The number of aromatic nitrogens is 2. The highest BCUT2D eigenvalue weighted by molar-refractivity contribution is 5.89. The fraction of sp³-hybridized carbons (Fsp3) is 0.333. The summed E-state index contributed by atoms with van der Waals surface area (Å²) in [5.41, 5.74) is 1.54. The SMILES string of the molecule is O=Cc1ccc2[nH]nc(OCC3CC3)c2c1. The van der Waals surface area contributed by atoms with E-state index in [0.717, 1.165) is 23.8 Å². The normalized spacial score (nSPS) is 15.2. The maximum absolute atomic E-state index is 10.7. The van der Waals surface area contributed by atoms with Crippen molar-refractivity contribution in [1.29, 1.82) is 0 Å². The van der Waals surface area contributed by atoms with Gasteiger partial charge in [-0.15, -0.1) is 5.10 Å². The summed E-state index contributed by atoms with van der Waals surface area (Å²) in [6, 6.07) is 5.41. The van der Waals surface area contributed by atoms with Crippen molar-refractivity contribution in [2.75, 3.05) is 6.61 Å². The Labute approximate surface area is 92.6 Å². The Morgan fingerprint density at radius 3 is 3.12 bits per heavy atom. The van der Waals surface area contributed by atoms with Gasteiger partial charge in [-0.2, -0.15) is 0 Å². The third-order valence-electron chi connectivity index (χ3n) is 2.84. The van der Waals surface area contributed by atoms with Crippen LogP contribution in [0.5, 0.6) is 5.88 Å². The molecule has 0 atom stereocenters. The summed E-state index contributed by atoms with van der Waals surface area (Å²) in [5.74, 6) is 1.30. The molecule has 0 saturated heterocycles. The molecule has 0 unspecified atom stereocenters. The van der Waals surface area contributed by atoms with Crippen molar-refractivity contribution in [2.24, 2.45) is 5.92 Å². The molecule has 1 aromatic heterocycles. The molecule has 82 valence electrons. The van der Waals surface area contributed by atoms with E-state index in [9.17, 15) is 4.79 Å². The second-order valence-corrected chi connectivity index (χ2v) is 4.21. The zero-order valence-corrected chi connectivity index (χ0v) is 8.77. The molecule has 0 aliphatic heterocycles. The average Bonchev–Trinajstić information content (AvgIpc) is 3.06. The quantitative estimate of drug-likeness (QED) is 0.797.